The summed E-state index contributed by atoms with van der Waals surface area (Å²) in [7, 11) is 0. The molecule has 9 heteroatoms. The lowest BCUT2D eigenvalue weighted by atomic mass is 9.99. The first kappa shape index (κ1) is 23.0. The van der Waals surface area contributed by atoms with E-state index in [-0.39, 0.29) is 6.54 Å². The third-order valence-corrected chi connectivity index (χ3v) is 6.66. The van der Waals surface area contributed by atoms with Crippen molar-refractivity contribution >= 4 is 40.2 Å². The highest BCUT2D eigenvalue weighted by molar-refractivity contribution is 6.36. The largest absolute Gasteiger partial charge is 0.350 e. The summed E-state index contributed by atoms with van der Waals surface area (Å²) in [6.07, 6.45) is 4.03. The van der Waals surface area contributed by atoms with Crippen molar-refractivity contribution in [3.05, 3.63) is 75.9 Å². The van der Waals surface area contributed by atoms with Crippen LogP contribution in [0.25, 0.3) is 22.3 Å². The van der Waals surface area contributed by atoms with Crippen LogP contribution < -0.4 is 10.6 Å². The molecule has 0 spiro atoms. The Morgan fingerprint density at radius 1 is 1.09 bits per heavy atom. The van der Waals surface area contributed by atoms with E-state index in [1.165, 1.54) is 12.1 Å². The monoisotopic (exact) mass is 501 g/mol. The summed E-state index contributed by atoms with van der Waals surface area (Å²) in [5, 5.41) is 8.63. The quantitative estimate of drug-likeness (QED) is 0.325. The van der Waals surface area contributed by atoms with Crippen molar-refractivity contribution in [1.82, 2.24) is 19.9 Å². The zero-order valence-corrected chi connectivity index (χ0v) is 19.8. The molecule has 0 bridgehead atoms. The lowest BCUT2D eigenvalue weighted by Crippen LogP contribution is -2.32. The Labute approximate surface area is 206 Å². The van der Waals surface area contributed by atoms with E-state index in [2.05, 4.69) is 20.2 Å². The number of nitrogens with one attached hydrogen (secondary N) is 2. The molecule has 1 saturated heterocycles. The Bertz CT molecular complexity index is 1330. The molecule has 34 heavy (non-hydrogen) atoms. The zero-order valence-electron chi connectivity index (χ0n) is 18.3. The van der Waals surface area contributed by atoms with Crippen LogP contribution in [0.3, 0.4) is 0 Å². The van der Waals surface area contributed by atoms with Gasteiger partial charge < -0.3 is 15.2 Å². The number of hydrogen-bond donors (Lipinski definition) is 2. The molecular formula is C25H23Cl2F2N5. The highest BCUT2D eigenvalue weighted by Gasteiger charge is 2.20. The summed E-state index contributed by atoms with van der Waals surface area (Å²) in [4.78, 5) is 9.20. The van der Waals surface area contributed by atoms with Gasteiger partial charge in [-0.1, -0.05) is 29.3 Å². The average Bonchev–Trinajstić information content (AvgIpc) is 3.18. The number of piperidine rings is 1. The van der Waals surface area contributed by atoms with E-state index < -0.39 is 11.6 Å². The summed E-state index contributed by atoms with van der Waals surface area (Å²) < 4.78 is 29.0. The third-order valence-electron chi connectivity index (χ3n) is 6.12. The van der Waals surface area contributed by atoms with Gasteiger partial charge in [0.2, 0.25) is 5.95 Å². The molecule has 1 fully saturated rings. The maximum absolute atomic E-state index is 13.5. The van der Waals surface area contributed by atoms with Crippen molar-refractivity contribution in [2.75, 3.05) is 18.4 Å². The van der Waals surface area contributed by atoms with Crippen molar-refractivity contribution in [3.8, 4) is 11.3 Å². The van der Waals surface area contributed by atoms with E-state index in [0.717, 1.165) is 60.8 Å². The van der Waals surface area contributed by atoms with Gasteiger partial charge in [-0.25, -0.2) is 13.8 Å². The van der Waals surface area contributed by atoms with Gasteiger partial charge >= 0.3 is 0 Å². The molecule has 1 atom stereocenters. The molecule has 4 aromatic rings. The molecule has 0 amide bonds. The normalized spacial score (nSPS) is 16.2. The predicted molar refractivity (Wildman–Crippen MR) is 132 cm³/mol. The molecule has 5 nitrogen and oxygen atoms in total. The van der Waals surface area contributed by atoms with E-state index in [4.69, 9.17) is 28.2 Å². The lowest BCUT2D eigenvalue weighted by Gasteiger charge is -2.24. The van der Waals surface area contributed by atoms with Gasteiger partial charge in [0.1, 0.15) is 5.65 Å². The molecule has 0 saturated carbocycles. The standard InChI is InChI=1S/C25H23Cl2F2N5/c26-18-4-5-19(20(27)10-18)23-9-17-13-32-25(31-12-15-3-6-21(28)22(29)8-15)33-24(17)34(23)14-16-2-1-7-30-11-16/h3-6,8-10,13,16,30H,1-2,7,11-12,14H2,(H,31,32,33)/t16-/m1/s1. The Balaban J connectivity index is 1.51. The molecule has 176 valence electrons. The topological polar surface area (TPSA) is 54.8 Å². The maximum Gasteiger partial charge on any atom is 0.224 e. The van der Waals surface area contributed by atoms with Gasteiger partial charge in [-0.05, 0) is 73.8 Å². The summed E-state index contributed by atoms with van der Waals surface area (Å²) in [6.45, 7) is 3.04. The molecule has 2 aromatic heterocycles. The molecule has 0 unspecified atom stereocenters. The molecule has 2 aromatic carbocycles. The van der Waals surface area contributed by atoms with Crippen molar-refractivity contribution in [1.29, 1.82) is 0 Å². The minimum atomic E-state index is -0.880. The number of aromatic nitrogens is 3. The fourth-order valence-corrected chi connectivity index (χ4v) is 4.90. The van der Waals surface area contributed by atoms with Crippen molar-refractivity contribution in [3.63, 3.8) is 0 Å². The first-order valence-electron chi connectivity index (χ1n) is 11.2. The molecule has 0 radical (unpaired) electrons. The molecule has 3 heterocycles. The molecule has 2 N–H and O–H groups in total. The number of halogens is 4. The highest BCUT2D eigenvalue weighted by atomic mass is 35.5. The van der Waals surface area contributed by atoms with Crippen LogP contribution in [0.4, 0.5) is 14.7 Å². The summed E-state index contributed by atoms with van der Waals surface area (Å²) >= 11 is 12.7. The van der Waals surface area contributed by atoms with E-state index >= 15 is 0 Å². The van der Waals surface area contributed by atoms with Gasteiger partial charge in [-0.15, -0.1) is 0 Å². The minimum Gasteiger partial charge on any atom is -0.350 e. The van der Waals surface area contributed by atoms with Crippen LogP contribution in [-0.4, -0.2) is 27.6 Å². The van der Waals surface area contributed by atoms with Crippen LogP contribution in [0.1, 0.15) is 18.4 Å². The number of benzene rings is 2. The summed E-state index contributed by atoms with van der Waals surface area (Å²) in [5.74, 6) is -0.880. The number of hydrogen-bond acceptors (Lipinski definition) is 4. The third kappa shape index (κ3) is 4.87. The number of nitrogens with zero attached hydrogens (tertiary/aromatic N) is 3. The second kappa shape index (κ2) is 9.86. The van der Waals surface area contributed by atoms with Crippen molar-refractivity contribution in [2.24, 2.45) is 5.92 Å². The van der Waals surface area contributed by atoms with Crippen LogP contribution in [0.5, 0.6) is 0 Å². The summed E-state index contributed by atoms with van der Waals surface area (Å²) in [6, 6.07) is 11.3. The Morgan fingerprint density at radius 3 is 2.74 bits per heavy atom. The van der Waals surface area contributed by atoms with E-state index in [0.29, 0.717) is 27.5 Å². The van der Waals surface area contributed by atoms with E-state index in [1.807, 2.05) is 18.2 Å². The molecule has 1 aliphatic rings. The van der Waals surface area contributed by atoms with Crippen molar-refractivity contribution < 1.29 is 8.78 Å². The van der Waals surface area contributed by atoms with Gasteiger partial charge in [0, 0.05) is 35.3 Å². The van der Waals surface area contributed by atoms with Crippen LogP contribution in [-0.2, 0) is 13.1 Å². The second-order valence-electron chi connectivity index (χ2n) is 8.55. The van der Waals surface area contributed by atoms with Gasteiger partial charge in [-0.2, -0.15) is 4.98 Å². The van der Waals surface area contributed by atoms with Crippen LogP contribution >= 0.6 is 23.2 Å². The zero-order chi connectivity index (χ0) is 23.7. The van der Waals surface area contributed by atoms with Gasteiger partial charge in [0.15, 0.2) is 11.6 Å². The smallest absolute Gasteiger partial charge is 0.224 e. The Hall–Kier alpha value is -2.74. The van der Waals surface area contributed by atoms with E-state index in [9.17, 15) is 8.78 Å². The van der Waals surface area contributed by atoms with Gasteiger partial charge in [0.05, 0.1) is 10.7 Å². The number of fused-ring (bicyclic) bond motifs is 1. The molecule has 1 aliphatic heterocycles. The fraction of sp³-hybridized carbons (Fsp3) is 0.280. The average molecular weight is 502 g/mol. The first-order chi connectivity index (χ1) is 16.5. The van der Waals surface area contributed by atoms with Gasteiger partial charge in [0.25, 0.3) is 0 Å². The first-order valence-corrected chi connectivity index (χ1v) is 11.9. The van der Waals surface area contributed by atoms with Crippen LogP contribution in [0.2, 0.25) is 10.0 Å². The molecule has 0 aliphatic carbocycles. The van der Waals surface area contributed by atoms with Crippen LogP contribution in [0, 0.1) is 17.6 Å². The Morgan fingerprint density at radius 2 is 1.97 bits per heavy atom. The second-order valence-corrected chi connectivity index (χ2v) is 9.39. The van der Waals surface area contributed by atoms with Gasteiger partial charge in [-0.3, -0.25) is 0 Å². The maximum atomic E-state index is 13.5. The van der Waals surface area contributed by atoms with Crippen LogP contribution in [0.15, 0.2) is 48.7 Å². The number of anilines is 1. The molecular weight excluding hydrogens is 479 g/mol. The fourth-order valence-electron chi connectivity index (χ4n) is 4.40. The predicted octanol–water partition coefficient (Wildman–Crippen LogP) is 6.30. The highest BCUT2D eigenvalue weighted by Crippen LogP contribution is 2.35. The lowest BCUT2D eigenvalue weighted by molar-refractivity contribution is 0.341. The minimum absolute atomic E-state index is 0.270. The molecule has 5 rings (SSSR count). The number of rotatable bonds is 6. The van der Waals surface area contributed by atoms with E-state index in [1.54, 1.807) is 12.3 Å². The SMILES string of the molecule is Fc1ccc(CNc2ncc3cc(-c4ccc(Cl)cc4Cl)n(C[C@@H]4CCCNC4)c3n2)cc1F. The van der Waals surface area contributed by atoms with Crippen molar-refractivity contribution in [2.45, 2.75) is 25.9 Å². The Kier molecular flexibility index (Phi) is 6.68. The summed E-state index contributed by atoms with van der Waals surface area (Å²) in [5.41, 5.74) is 3.22.